The Hall–Kier alpha value is -3.70. The molecule has 154 valence electrons. The number of hydrogen-bond donors (Lipinski definition) is 2. The first-order valence-electron chi connectivity index (χ1n) is 9.67. The molecular weight excluding hydrogens is 382 g/mol. The van der Waals surface area contributed by atoms with Crippen molar-refractivity contribution in [2.24, 2.45) is 0 Å². The molecule has 1 aromatic carbocycles. The topological polar surface area (TPSA) is 113 Å². The second kappa shape index (κ2) is 9.67. The Morgan fingerprint density at radius 2 is 2.03 bits per heavy atom. The normalized spacial score (nSPS) is 10.7. The second-order valence-corrected chi connectivity index (χ2v) is 6.95. The van der Waals surface area contributed by atoms with Crippen molar-refractivity contribution in [1.82, 2.24) is 20.1 Å². The van der Waals surface area contributed by atoms with E-state index in [1.54, 1.807) is 42.6 Å². The summed E-state index contributed by atoms with van der Waals surface area (Å²) >= 11 is 0. The van der Waals surface area contributed by atoms with E-state index in [0.717, 1.165) is 6.42 Å². The molecule has 2 aromatic heterocycles. The van der Waals surface area contributed by atoms with Crippen LogP contribution in [0.3, 0.4) is 0 Å². The minimum atomic E-state index is -0.269. The molecule has 2 heterocycles. The van der Waals surface area contributed by atoms with E-state index in [1.807, 2.05) is 19.9 Å². The fraction of sp³-hybridized carbons (Fsp3) is 0.273. The van der Waals surface area contributed by atoms with Gasteiger partial charge in [-0.1, -0.05) is 12.1 Å². The summed E-state index contributed by atoms with van der Waals surface area (Å²) in [5.41, 5.74) is 1.83. The summed E-state index contributed by atoms with van der Waals surface area (Å²) in [6, 6.07) is 12.0. The summed E-state index contributed by atoms with van der Waals surface area (Å²) in [7, 11) is 0. The number of benzene rings is 1. The molecule has 30 heavy (non-hydrogen) atoms. The van der Waals surface area contributed by atoms with Gasteiger partial charge in [0.1, 0.15) is 0 Å². The van der Waals surface area contributed by atoms with Crippen molar-refractivity contribution >= 4 is 5.91 Å². The Labute approximate surface area is 174 Å². The molecule has 8 nitrogen and oxygen atoms in total. The number of aromatic nitrogens is 3. The van der Waals surface area contributed by atoms with Crippen molar-refractivity contribution in [2.45, 2.75) is 26.4 Å². The zero-order chi connectivity index (χ0) is 21.5. The number of rotatable bonds is 8. The number of carbonyl (C=O) groups is 1. The summed E-state index contributed by atoms with van der Waals surface area (Å²) < 4.78 is 6.74. The molecule has 0 saturated heterocycles. The van der Waals surface area contributed by atoms with Gasteiger partial charge in [0.15, 0.2) is 5.82 Å². The summed E-state index contributed by atoms with van der Waals surface area (Å²) in [5, 5.41) is 14.6. The number of nitrogens with one attached hydrogen (secondary N) is 2. The molecule has 0 bridgehead atoms. The quantitative estimate of drug-likeness (QED) is 0.560. The van der Waals surface area contributed by atoms with Gasteiger partial charge in [-0.25, -0.2) is 9.67 Å². The Morgan fingerprint density at radius 3 is 2.67 bits per heavy atom. The molecule has 3 aromatic rings. The van der Waals surface area contributed by atoms with Gasteiger partial charge >= 0.3 is 0 Å². The molecule has 0 saturated carbocycles. The van der Waals surface area contributed by atoms with E-state index in [-0.39, 0.29) is 17.6 Å². The van der Waals surface area contributed by atoms with E-state index in [2.05, 4.69) is 15.4 Å². The van der Waals surface area contributed by atoms with Crippen LogP contribution in [0.2, 0.25) is 0 Å². The molecule has 0 unspecified atom stereocenters. The lowest BCUT2D eigenvalue weighted by Gasteiger charge is -2.08. The number of aromatic amines is 1. The van der Waals surface area contributed by atoms with Crippen LogP contribution in [-0.2, 0) is 4.74 Å². The van der Waals surface area contributed by atoms with E-state index < -0.39 is 0 Å². The third-order valence-electron chi connectivity index (χ3n) is 4.39. The maximum Gasteiger partial charge on any atom is 0.280 e. The van der Waals surface area contributed by atoms with Crippen molar-refractivity contribution in [2.75, 3.05) is 13.2 Å². The lowest BCUT2D eigenvalue weighted by atomic mass is 10.1. The number of pyridine rings is 1. The maximum absolute atomic E-state index is 12.7. The van der Waals surface area contributed by atoms with Crippen molar-refractivity contribution < 1.29 is 9.53 Å². The van der Waals surface area contributed by atoms with Crippen molar-refractivity contribution in [3.05, 3.63) is 70.3 Å². The van der Waals surface area contributed by atoms with Crippen LogP contribution < -0.4 is 10.9 Å². The summed E-state index contributed by atoms with van der Waals surface area (Å²) in [4.78, 5) is 29.2. The molecule has 0 fully saturated rings. The van der Waals surface area contributed by atoms with Crippen LogP contribution in [0.5, 0.6) is 0 Å². The molecule has 3 rings (SSSR count). The zero-order valence-corrected chi connectivity index (χ0v) is 16.9. The fourth-order valence-corrected chi connectivity index (χ4v) is 2.82. The van der Waals surface area contributed by atoms with Gasteiger partial charge in [-0.3, -0.25) is 14.7 Å². The highest BCUT2D eigenvalue weighted by Crippen LogP contribution is 2.16. The number of nitrogens with zero attached hydrogens (tertiary/aromatic N) is 3. The van der Waals surface area contributed by atoms with Gasteiger partial charge in [0.05, 0.1) is 28.9 Å². The molecular formula is C22H23N5O3. The predicted octanol–water partition coefficient (Wildman–Crippen LogP) is 2.64. The summed E-state index contributed by atoms with van der Waals surface area (Å²) in [5.74, 6) is 0.150. The third kappa shape index (κ3) is 5.01. The Morgan fingerprint density at radius 1 is 1.27 bits per heavy atom. The number of carbonyl (C=O) groups excluding carboxylic acids is 1. The van der Waals surface area contributed by atoms with Gasteiger partial charge in [0.2, 0.25) is 0 Å². The summed E-state index contributed by atoms with van der Waals surface area (Å²) in [6.07, 6.45) is 3.92. The fourth-order valence-electron chi connectivity index (χ4n) is 2.82. The largest absolute Gasteiger partial charge is 0.379 e. The average molecular weight is 405 g/mol. The first kappa shape index (κ1) is 21.0. The van der Waals surface area contributed by atoms with Gasteiger partial charge < -0.3 is 10.1 Å². The molecule has 0 spiro atoms. The minimum Gasteiger partial charge on any atom is -0.379 e. The van der Waals surface area contributed by atoms with Gasteiger partial charge in [-0.05, 0) is 50.1 Å². The molecule has 0 aliphatic rings. The van der Waals surface area contributed by atoms with E-state index in [1.165, 1.54) is 10.9 Å². The first-order valence-corrected chi connectivity index (χ1v) is 9.67. The number of ether oxygens (including phenoxy) is 1. The molecule has 8 heteroatoms. The van der Waals surface area contributed by atoms with Crippen molar-refractivity contribution in [3.8, 4) is 23.0 Å². The van der Waals surface area contributed by atoms with Crippen LogP contribution in [0.15, 0.2) is 53.6 Å². The Kier molecular flexibility index (Phi) is 6.78. The van der Waals surface area contributed by atoms with Crippen LogP contribution in [0, 0.1) is 11.3 Å². The van der Waals surface area contributed by atoms with E-state index in [9.17, 15) is 9.59 Å². The standard InChI is InChI=1S/C22H23N5O3/c1-15(2)30-11-3-10-24-21(28)18-8-9-20(25-13-18)27-22(29)19(14-26-27)17-6-4-16(12-23)5-7-17/h4-9,13-15,26H,3,10-11H2,1-2H3,(H,24,28). The second-order valence-electron chi connectivity index (χ2n) is 6.95. The molecule has 0 radical (unpaired) electrons. The van der Waals surface area contributed by atoms with Gasteiger partial charge in [-0.15, -0.1) is 0 Å². The summed E-state index contributed by atoms with van der Waals surface area (Å²) in [6.45, 7) is 5.03. The number of hydrogen-bond acceptors (Lipinski definition) is 5. The van der Waals surface area contributed by atoms with Crippen LogP contribution in [0.4, 0.5) is 0 Å². The number of nitriles is 1. The highest BCUT2D eigenvalue weighted by Gasteiger charge is 2.12. The SMILES string of the molecule is CC(C)OCCCNC(=O)c1ccc(-n2[nH]cc(-c3ccc(C#N)cc3)c2=O)nc1. The number of amides is 1. The van der Waals surface area contributed by atoms with Crippen LogP contribution in [0.25, 0.3) is 16.9 Å². The van der Waals surface area contributed by atoms with Gasteiger partial charge in [0, 0.05) is 25.5 Å². The Balaban J connectivity index is 1.66. The lowest BCUT2D eigenvalue weighted by Crippen LogP contribution is -2.26. The van der Waals surface area contributed by atoms with Gasteiger partial charge in [0.25, 0.3) is 11.5 Å². The van der Waals surface area contributed by atoms with Crippen molar-refractivity contribution in [1.29, 1.82) is 5.26 Å². The van der Waals surface area contributed by atoms with Crippen LogP contribution >= 0.6 is 0 Å². The Bertz CT molecular complexity index is 1090. The first-order chi connectivity index (χ1) is 14.5. The molecule has 0 aliphatic heterocycles. The van der Waals surface area contributed by atoms with Crippen molar-refractivity contribution in [3.63, 3.8) is 0 Å². The van der Waals surface area contributed by atoms with Gasteiger partial charge in [-0.2, -0.15) is 5.26 Å². The number of H-pyrrole nitrogens is 1. The minimum absolute atomic E-state index is 0.172. The van der Waals surface area contributed by atoms with Crippen LogP contribution in [-0.4, -0.2) is 39.9 Å². The van der Waals surface area contributed by atoms with E-state index >= 15 is 0 Å². The lowest BCUT2D eigenvalue weighted by molar-refractivity contribution is 0.0757. The third-order valence-corrected chi connectivity index (χ3v) is 4.39. The highest BCUT2D eigenvalue weighted by molar-refractivity contribution is 5.93. The maximum atomic E-state index is 12.7. The molecule has 1 amide bonds. The average Bonchev–Trinajstić information content (AvgIpc) is 3.14. The van der Waals surface area contributed by atoms with E-state index in [4.69, 9.17) is 10.00 Å². The molecule has 0 atom stereocenters. The monoisotopic (exact) mass is 405 g/mol. The smallest absolute Gasteiger partial charge is 0.280 e. The molecule has 2 N–H and O–H groups in total. The van der Waals surface area contributed by atoms with E-state index in [0.29, 0.717) is 41.2 Å². The molecule has 0 aliphatic carbocycles. The predicted molar refractivity (Wildman–Crippen MR) is 112 cm³/mol. The highest BCUT2D eigenvalue weighted by atomic mass is 16.5. The van der Waals surface area contributed by atoms with Crippen LogP contribution in [0.1, 0.15) is 36.2 Å². The zero-order valence-electron chi connectivity index (χ0n) is 16.9.